The number of nitro benzene ring substituents is 2. The van der Waals surface area contributed by atoms with Gasteiger partial charge in [-0.1, -0.05) is 36.4 Å². The highest BCUT2D eigenvalue weighted by molar-refractivity contribution is 7.78. The molecule has 0 saturated carbocycles. The summed E-state index contributed by atoms with van der Waals surface area (Å²) in [7, 11) is 3.73. The van der Waals surface area contributed by atoms with E-state index in [-0.39, 0.29) is 25.0 Å². The Morgan fingerprint density at radius 2 is 1.12 bits per heavy atom. The number of nitrogens with two attached hydrogens (primary N) is 2. The Bertz CT molecular complexity index is 3170. The largest absolute Gasteiger partial charge is 0.454 e. The van der Waals surface area contributed by atoms with Crippen molar-refractivity contribution in [2.24, 2.45) is 11.5 Å². The van der Waals surface area contributed by atoms with Gasteiger partial charge in [0.05, 0.1) is 32.3 Å². The zero-order valence-electron chi connectivity index (χ0n) is 36.2. The molecule has 0 bridgehead atoms. The number of nitrogens with zero attached hydrogens (tertiary/aromatic N) is 7. The molecule has 6 aromatic carbocycles. The van der Waals surface area contributed by atoms with Crippen LogP contribution in [0.5, 0.6) is 23.0 Å². The van der Waals surface area contributed by atoms with Crippen LogP contribution < -0.4 is 40.2 Å². The molecule has 0 amide bonds. The number of hydrogen-bond acceptors (Lipinski definition) is 15. The summed E-state index contributed by atoms with van der Waals surface area (Å²) in [4.78, 5) is 25.2. The molecule has 10 rings (SSSR count). The third-order valence-corrected chi connectivity index (χ3v) is 11.0. The van der Waals surface area contributed by atoms with Gasteiger partial charge in [-0.2, -0.15) is 10.2 Å². The maximum absolute atomic E-state index is 11.1. The first-order valence-electron chi connectivity index (χ1n) is 20.7. The molecule has 340 valence electrons. The van der Waals surface area contributed by atoms with Gasteiger partial charge in [-0.3, -0.25) is 25.3 Å². The number of rotatable bonds is 11. The van der Waals surface area contributed by atoms with E-state index in [1.54, 1.807) is 24.3 Å². The summed E-state index contributed by atoms with van der Waals surface area (Å²) in [5.41, 5.74) is 18.4. The minimum absolute atomic E-state index is 0.0469. The summed E-state index contributed by atoms with van der Waals surface area (Å²) in [5.74, 6) is 2.96. The lowest BCUT2D eigenvalue weighted by atomic mass is 10.1. The average molecular weight is 921 g/mol. The second kappa shape index (κ2) is 20.2. The Labute approximate surface area is 389 Å². The van der Waals surface area contributed by atoms with E-state index in [4.69, 9.17) is 30.4 Å². The van der Waals surface area contributed by atoms with E-state index in [0.29, 0.717) is 18.8 Å². The molecule has 2 aliphatic heterocycles. The van der Waals surface area contributed by atoms with E-state index >= 15 is 0 Å². The van der Waals surface area contributed by atoms with Crippen molar-refractivity contribution in [3.63, 3.8) is 0 Å². The van der Waals surface area contributed by atoms with Crippen molar-refractivity contribution in [3.05, 3.63) is 164 Å². The lowest BCUT2D eigenvalue weighted by Gasteiger charge is -2.19. The van der Waals surface area contributed by atoms with Crippen molar-refractivity contribution >= 4 is 93.0 Å². The highest BCUT2D eigenvalue weighted by Crippen LogP contribution is 2.36. The molecule has 0 radical (unpaired) electrons. The van der Waals surface area contributed by atoms with Gasteiger partial charge < -0.3 is 40.2 Å². The van der Waals surface area contributed by atoms with Crippen LogP contribution in [0.1, 0.15) is 22.5 Å². The highest BCUT2D eigenvalue weighted by atomic mass is 32.1. The number of benzene rings is 6. The first-order valence-corrected chi connectivity index (χ1v) is 21.1. The van der Waals surface area contributed by atoms with Gasteiger partial charge in [-0.15, -0.1) is 0 Å². The second-order valence-electron chi connectivity index (χ2n) is 15.0. The number of anilines is 4. The van der Waals surface area contributed by atoms with E-state index in [1.807, 2.05) is 133 Å². The summed E-state index contributed by atoms with van der Waals surface area (Å²) in [6.45, 7) is 1.68. The third kappa shape index (κ3) is 10.3. The molecule has 2 aromatic heterocycles. The predicted molar refractivity (Wildman–Crippen MR) is 264 cm³/mol. The number of hydrogen-bond donors (Lipinski definition) is 4. The zero-order chi connectivity index (χ0) is 47.0. The molecule has 67 heavy (non-hydrogen) atoms. The van der Waals surface area contributed by atoms with Gasteiger partial charge in [0, 0.05) is 85.0 Å². The lowest BCUT2D eigenvalue weighted by Crippen LogP contribution is -2.11. The minimum Gasteiger partial charge on any atom is -0.454 e. The topological polar surface area (TPSA) is 228 Å². The molecule has 2 aliphatic rings. The molecule has 0 saturated heterocycles. The standard InChI is InChI=1S/C23H18N4O4S.C23H18N4O4.C2H8N2/c1-25(16-3-2-4-18(12-16)27(28)29)17-7-8-19-20(24-26(32)21(19)13-17)9-5-15-6-10-22-23(11-15)31-14-30-22;1-26(16-3-2-4-18(12-16)27(28)29)17-7-8-19-20(24-25-21(19)13-17)9-5-15-6-10-22-23(11-15)31-14-30-22;3-1-2-4/h2-13,32H,14H2,1H3;2-13H,14H2,1H3,(H,24,25);1-4H2/b2*9-5+;. The van der Waals surface area contributed by atoms with Crippen molar-refractivity contribution in [1.29, 1.82) is 0 Å². The normalized spacial score (nSPS) is 12.3. The van der Waals surface area contributed by atoms with Crippen LogP contribution in [0.15, 0.2) is 121 Å². The molecule has 0 fully saturated rings. The fourth-order valence-corrected chi connectivity index (χ4v) is 7.38. The quantitative estimate of drug-likeness (QED) is 0.0539. The smallest absolute Gasteiger partial charge is 0.271 e. The first-order chi connectivity index (χ1) is 32.5. The van der Waals surface area contributed by atoms with E-state index < -0.39 is 9.85 Å². The Morgan fingerprint density at radius 1 is 0.627 bits per heavy atom. The fourth-order valence-electron chi connectivity index (χ4n) is 7.12. The summed E-state index contributed by atoms with van der Waals surface area (Å²) in [6.07, 6.45) is 7.80. The molecule has 0 spiro atoms. The van der Waals surface area contributed by atoms with Crippen molar-refractivity contribution in [3.8, 4) is 23.0 Å². The summed E-state index contributed by atoms with van der Waals surface area (Å²) in [5, 5.41) is 36.1. The first kappa shape index (κ1) is 45.2. The Balaban J connectivity index is 0.000000168. The molecule has 5 N–H and O–H groups in total. The third-order valence-electron chi connectivity index (χ3n) is 10.7. The zero-order valence-corrected chi connectivity index (χ0v) is 37.1. The SMILES string of the molecule is CN(c1cccc([N+](=O)[O-])c1)c1ccc2c(/C=C/c3ccc4c(c3)OCO4)n[nH]c2c1.CN(c1cccc([N+](=O)[O-])c1)c1ccc2c(/C=C/c3ccc4c(c3)OCO4)nn(S)c2c1.NCCN. The molecule has 18 nitrogen and oxygen atoms in total. The van der Waals surface area contributed by atoms with Crippen LogP contribution in [-0.2, 0) is 0 Å². The Morgan fingerprint density at radius 3 is 1.66 bits per heavy atom. The number of thiol groups is 1. The van der Waals surface area contributed by atoms with E-state index in [0.717, 1.165) is 84.4 Å². The molecule has 4 heterocycles. The van der Waals surface area contributed by atoms with E-state index in [1.165, 1.54) is 16.2 Å². The molecule has 0 unspecified atom stereocenters. The van der Waals surface area contributed by atoms with E-state index in [9.17, 15) is 20.2 Å². The van der Waals surface area contributed by atoms with Gasteiger partial charge in [0.2, 0.25) is 13.6 Å². The monoisotopic (exact) mass is 920 g/mol. The number of aromatic nitrogens is 4. The highest BCUT2D eigenvalue weighted by Gasteiger charge is 2.17. The van der Waals surface area contributed by atoms with Crippen LogP contribution in [0.2, 0.25) is 0 Å². The van der Waals surface area contributed by atoms with Crippen molar-refractivity contribution in [2.75, 3.05) is 50.6 Å². The molecule has 0 aliphatic carbocycles. The molecule has 19 heteroatoms. The molecular formula is C48H44N10O8S. The maximum Gasteiger partial charge on any atom is 0.271 e. The van der Waals surface area contributed by atoms with Crippen LogP contribution in [0.25, 0.3) is 46.1 Å². The van der Waals surface area contributed by atoms with Crippen molar-refractivity contribution in [1.82, 2.24) is 19.4 Å². The minimum atomic E-state index is -0.401. The summed E-state index contributed by atoms with van der Waals surface area (Å²) >= 11 is 4.48. The number of non-ortho nitro benzene ring substituents is 2. The van der Waals surface area contributed by atoms with Crippen LogP contribution in [0.4, 0.5) is 34.1 Å². The lowest BCUT2D eigenvalue weighted by molar-refractivity contribution is -0.385. The second-order valence-corrected chi connectivity index (χ2v) is 15.3. The van der Waals surface area contributed by atoms with E-state index in [2.05, 4.69) is 28.1 Å². The number of aromatic amines is 1. The Kier molecular flexibility index (Phi) is 13.6. The van der Waals surface area contributed by atoms with Crippen LogP contribution in [-0.4, -0.2) is 70.0 Å². The number of fused-ring (bicyclic) bond motifs is 4. The van der Waals surface area contributed by atoms with Gasteiger partial charge in [-0.05, 0) is 109 Å². The summed E-state index contributed by atoms with van der Waals surface area (Å²) in [6, 6.07) is 36.4. The number of H-pyrrole nitrogens is 1. The molecule has 8 aromatic rings. The fraction of sp³-hybridized carbons (Fsp3) is 0.125. The number of ether oxygens (including phenoxy) is 4. The number of nitrogens with one attached hydrogen (secondary N) is 1. The Hall–Kier alpha value is -8.39. The van der Waals surface area contributed by atoms with Gasteiger partial charge in [0.25, 0.3) is 11.4 Å². The van der Waals surface area contributed by atoms with Crippen LogP contribution >= 0.6 is 12.8 Å². The van der Waals surface area contributed by atoms with Crippen molar-refractivity contribution in [2.45, 2.75) is 0 Å². The van der Waals surface area contributed by atoms with Gasteiger partial charge in [0.1, 0.15) is 0 Å². The van der Waals surface area contributed by atoms with Crippen LogP contribution in [0, 0.1) is 20.2 Å². The van der Waals surface area contributed by atoms with Crippen molar-refractivity contribution < 1.29 is 28.8 Å². The molecule has 0 atom stereocenters. The van der Waals surface area contributed by atoms with Gasteiger partial charge in [-0.25, -0.2) is 4.09 Å². The average Bonchev–Trinajstić information content (AvgIpc) is 4.18. The predicted octanol–water partition coefficient (Wildman–Crippen LogP) is 9.35. The van der Waals surface area contributed by atoms with Crippen LogP contribution in [0.3, 0.4) is 0 Å². The van der Waals surface area contributed by atoms with Gasteiger partial charge in [0.15, 0.2) is 23.0 Å². The van der Waals surface area contributed by atoms with Gasteiger partial charge >= 0.3 is 0 Å². The molecular weight excluding hydrogens is 877 g/mol. The maximum atomic E-state index is 11.1. The number of nitro groups is 2. The summed E-state index contributed by atoms with van der Waals surface area (Å²) < 4.78 is 23.1.